The Morgan fingerprint density at radius 2 is 2.12 bits per heavy atom. The molecule has 8 nitrogen and oxygen atoms in total. The maximum atomic E-state index is 10.4. The second-order valence-electron chi connectivity index (χ2n) is 6.36. The number of aliphatic hydroxyl groups excluding tert-OH is 1. The van der Waals surface area contributed by atoms with Crippen molar-refractivity contribution in [3.63, 3.8) is 0 Å². The second kappa shape index (κ2) is 6.01. The first-order chi connectivity index (χ1) is 12.8. The van der Waals surface area contributed by atoms with Gasteiger partial charge >= 0.3 is 0 Å². The number of fused-ring (bicyclic) bond motifs is 1. The second-order valence-corrected chi connectivity index (χ2v) is 6.36. The maximum Gasteiger partial charge on any atom is 0.162 e. The molecule has 1 atom stereocenters. The number of rotatable bonds is 4. The van der Waals surface area contributed by atoms with Crippen LogP contribution in [0.3, 0.4) is 0 Å². The van der Waals surface area contributed by atoms with Crippen molar-refractivity contribution in [2.45, 2.75) is 6.10 Å². The number of benzene rings is 1. The number of aromatic amines is 1. The predicted molar refractivity (Wildman–Crippen MR) is 93.5 cm³/mol. The molecule has 5 rings (SSSR count). The Morgan fingerprint density at radius 1 is 1.19 bits per heavy atom. The smallest absolute Gasteiger partial charge is 0.162 e. The molecule has 8 heteroatoms. The van der Waals surface area contributed by atoms with Crippen molar-refractivity contribution in [2.75, 3.05) is 13.2 Å². The van der Waals surface area contributed by atoms with Crippen molar-refractivity contribution in [3.8, 4) is 17.1 Å². The van der Waals surface area contributed by atoms with Crippen molar-refractivity contribution in [1.82, 2.24) is 29.9 Å². The van der Waals surface area contributed by atoms with Gasteiger partial charge in [0.15, 0.2) is 11.5 Å². The Hall–Kier alpha value is -3.10. The molecule has 0 saturated carbocycles. The summed E-state index contributed by atoms with van der Waals surface area (Å²) in [5.41, 5.74) is 3.32. The minimum Gasteiger partial charge on any atom is -0.388 e. The molecule has 1 aliphatic rings. The van der Waals surface area contributed by atoms with Gasteiger partial charge in [0.25, 0.3) is 0 Å². The largest absolute Gasteiger partial charge is 0.388 e. The van der Waals surface area contributed by atoms with Gasteiger partial charge in [0, 0.05) is 28.6 Å². The molecule has 0 bridgehead atoms. The first-order valence-electron chi connectivity index (χ1n) is 8.35. The van der Waals surface area contributed by atoms with E-state index in [4.69, 9.17) is 4.74 Å². The van der Waals surface area contributed by atoms with Gasteiger partial charge in [0.2, 0.25) is 0 Å². The van der Waals surface area contributed by atoms with E-state index in [9.17, 15) is 5.11 Å². The van der Waals surface area contributed by atoms with Gasteiger partial charge in [-0.2, -0.15) is 10.2 Å². The van der Waals surface area contributed by atoms with Gasteiger partial charge in [-0.3, -0.25) is 5.10 Å². The molecule has 0 radical (unpaired) electrons. The molecule has 3 aromatic heterocycles. The molecule has 0 aliphatic carbocycles. The number of nitrogens with one attached hydrogen (secondary N) is 1. The third-order valence-corrected chi connectivity index (χ3v) is 4.66. The van der Waals surface area contributed by atoms with Crippen molar-refractivity contribution in [1.29, 1.82) is 0 Å². The van der Waals surface area contributed by atoms with Crippen molar-refractivity contribution in [3.05, 3.63) is 54.6 Å². The molecule has 0 unspecified atom stereocenters. The average Bonchev–Trinajstić information content (AvgIpc) is 3.29. The molecule has 0 spiro atoms. The standard InChI is InChI=1S/C18H16N6O2/c25-16(14-8-26-9-14)12-4-13-7-22-24(18(13)19-6-12)15-3-1-2-11(5-15)17-20-10-21-23-17/h1-7,10,14,16,25H,8-9H2,(H,20,21,23)/t16-/m1/s1. The predicted octanol–water partition coefficient (Wildman–Crippen LogP) is 1.89. The molecule has 1 fully saturated rings. The zero-order valence-corrected chi connectivity index (χ0v) is 13.8. The van der Waals surface area contributed by atoms with Gasteiger partial charge in [-0.05, 0) is 18.2 Å². The minimum absolute atomic E-state index is 0.142. The van der Waals surface area contributed by atoms with Gasteiger partial charge in [-0.1, -0.05) is 12.1 Å². The van der Waals surface area contributed by atoms with E-state index in [-0.39, 0.29) is 5.92 Å². The summed E-state index contributed by atoms with van der Waals surface area (Å²) in [6.45, 7) is 1.18. The number of hydrogen-bond acceptors (Lipinski definition) is 6. The van der Waals surface area contributed by atoms with Gasteiger partial charge in [0.05, 0.1) is 31.2 Å². The van der Waals surface area contributed by atoms with Gasteiger partial charge in [0.1, 0.15) is 6.33 Å². The van der Waals surface area contributed by atoms with Crippen LogP contribution < -0.4 is 0 Å². The molecular formula is C18H16N6O2. The third kappa shape index (κ3) is 2.47. The van der Waals surface area contributed by atoms with Crippen LogP contribution in [0.4, 0.5) is 0 Å². The number of nitrogens with zero attached hydrogens (tertiary/aromatic N) is 5. The zero-order valence-electron chi connectivity index (χ0n) is 13.8. The number of aliphatic hydroxyl groups is 1. The summed E-state index contributed by atoms with van der Waals surface area (Å²) in [5.74, 6) is 0.840. The van der Waals surface area contributed by atoms with Crippen molar-refractivity contribution < 1.29 is 9.84 Å². The highest BCUT2D eigenvalue weighted by Crippen LogP contribution is 2.29. The van der Waals surface area contributed by atoms with Crippen LogP contribution in [0.2, 0.25) is 0 Å². The molecule has 1 aliphatic heterocycles. The van der Waals surface area contributed by atoms with Crippen LogP contribution in [0.15, 0.2) is 49.1 Å². The Morgan fingerprint density at radius 3 is 2.88 bits per heavy atom. The fourth-order valence-electron chi connectivity index (χ4n) is 3.13. The number of hydrogen-bond donors (Lipinski definition) is 2. The highest BCUT2D eigenvalue weighted by atomic mass is 16.5. The SMILES string of the molecule is O[C@H](c1cnc2c(cnn2-c2cccc(-c3ncn[nH]3)c2)c1)C1COC1. The normalized spacial score (nSPS) is 15.9. The van der Waals surface area contributed by atoms with E-state index in [0.29, 0.717) is 19.0 Å². The number of aromatic nitrogens is 6. The lowest BCUT2D eigenvalue weighted by Gasteiger charge is -2.30. The zero-order chi connectivity index (χ0) is 17.5. The van der Waals surface area contributed by atoms with E-state index in [1.807, 2.05) is 30.3 Å². The highest BCUT2D eigenvalue weighted by molar-refractivity contribution is 5.77. The lowest BCUT2D eigenvalue weighted by Crippen LogP contribution is -2.33. The van der Waals surface area contributed by atoms with Crippen LogP contribution in [0.25, 0.3) is 28.1 Å². The molecule has 130 valence electrons. The molecule has 4 aromatic rings. The van der Waals surface area contributed by atoms with E-state index >= 15 is 0 Å². The van der Waals surface area contributed by atoms with E-state index < -0.39 is 6.10 Å². The first kappa shape index (κ1) is 15.2. The fraction of sp³-hybridized carbons (Fsp3) is 0.222. The third-order valence-electron chi connectivity index (χ3n) is 4.66. The summed E-state index contributed by atoms with van der Waals surface area (Å²) in [4.78, 5) is 8.72. The highest BCUT2D eigenvalue weighted by Gasteiger charge is 2.28. The van der Waals surface area contributed by atoms with Crippen LogP contribution in [0, 0.1) is 5.92 Å². The lowest BCUT2D eigenvalue weighted by molar-refractivity contribution is -0.0924. The maximum absolute atomic E-state index is 10.4. The lowest BCUT2D eigenvalue weighted by atomic mass is 9.95. The van der Waals surface area contributed by atoms with Crippen molar-refractivity contribution in [2.24, 2.45) is 5.92 Å². The molecule has 0 amide bonds. The van der Waals surface area contributed by atoms with Crippen LogP contribution in [0.5, 0.6) is 0 Å². The monoisotopic (exact) mass is 348 g/mol. The Kier molecular flexibility index (Phi) is 3.51. The molecule has 2 N–H and O–H groups in total. The van der Waals surface area contributed by atoms with Gasteiger partial charge in [-0.15, -0.1) is 0 Å². The van der Waals surface area contributed by atoms with Crippen molar-refractivity contribution >= 4 is 11.0 Å². The molecule has 4 heterocycles. The average molecular weight is 348 g/mol. The number of ether oxygens (including phenoxy) is 1. The Labute approximate surface area is 148 Å². The summed E-state index contributed by atoms with van der Waals surface area (Å²) in [5, 5.41) is 22.5. The van der Waals surface area contributed by atoms with Crippen LogP contribution in [0.1, 0.15) is 11.7 Å². The summed E-state index contributed by atoms with van der Waals surface area (Å²) in [6, 6.07) is 9.77. The van der Waals surface area contributed by atoms with Gasteiger partial charge < -0.3 is 9.84 Å². The molecule has 26 heavy (non-hydrogen) atoms. The van der Waals surface area contributed by atoms with E-state index in [0.717, 1.165) is 27.8 Å². The summed E-state index contributed by atoms with van der Waals surface area (Å²) in [7, 11) is 0. The van der Waals surface area contributed by atoms with Crippen LogP contribution in [-0.4, -0.2) is 48.3 Å². The van der Waals surface area contributed by atoms with E-state index in [1.165, 1.54) is 6.33 Å². The molecular weight excluding hydrogens is 332 g/mol. The minimum atomic E-state index is -0.557. The molecule has 1 saturated heterocycles. The molecule has 1 aromatic carbocycles. The van der Waals surface area contributed by atoms with Crippen LogP contribution in [-0.2, 0) is 4.74 Å². The quantitative estimate of drug-likeness (QED) is 0.584. The summed E-state index contributed by atoms with van der Waals surface area (Å²) in [6.07, 6.45) is 4.40. The number of H-pyrrole nitrogens is 1. The fourth-order valence-corrected chi connectivity index (χ4v) is 3.13. The topological polar surface area (TPSA) is 102 Å². The van der Waals surface area contributed by atoms with E-state index in [1.54, 1.807) is 17.1 Å². The Balaban J connectivity index is 1.53. The van der Waals surface area contributed by atoms with Crippen LogP contribution >= 0.6 is 0 Å². The summed E-state index contributed by atoms with van der Waals surface area (Å²) < 4.78 is 6.94. The summed E-state index contributed by atoms with van der Waals surface area (Å²) >= 11 is 0. The van der Waals surface area contributed by atoms with Gasteiger partial charge in [-0.25, -0.2) is 14.6 Å². The first-order valence-corrected chi connectivity index (χ1v) is 8.35. The Bertz CT molecular complexity index is 1050. The van der Waals surface area contributed by atoms with E-state index in [2.05, 4.69) is 25.3 Å². The number of pyridine rings is 1.